The Labute approximate surface area is 132 Å². The van der Waals surface area contributed by atoms with E-state index in [1.54, 1.807) is 6.07 Å². The molecule has 0 radical (unpaired) electrons. The molecular weight excluding hydrogens is 311 g/mol. The van der Waals surface area contributed by atoms with Crippen LogP contribution in [0.4, 0.5) is 19.0 Å². The molecule has 2 fully saturated rings. The Bertz CT molecular complexity index is 558. The van der Waals surface area contributed by atoms with Crippen LogP contribution in [0.1, 0.15) is 12.8 Å². The van der Waals surface area contributed by atoms with E-state index in [2.05, 4.69) is 4.98 Å². The third kappa shape index (κ3) is 3.74. The van der Waals surface area contributed by atoms with Crippen molar-refractivity contribution in [1.82, 2.24) is 9.88 Å². The van der Waals surface area contributed by atoms with Crippen LogP contribution in [-0.2, 0) is 9.53 Å². The first kappa shape index (κ1) is 16.0. The first-order chi connectivity index (χ1) is 10.9. The number of carbonyl (C=O) groups excluding carboxylic acids is 1. The van der Waals surface area contributed by atoms with Crippen LogP contribution < -0.4 is 4.90 Å². The van der Waals surface area contributed by atoms with Gasteiger partial charge in [-0.2, -0.15) is 0 Å². The fraction of sp³-hybridized carbons (Fsp3) is 0.600. The maximum atomic E-state index is 13.2. The fourth-order valence-electron chi connectivity index (χ4n) is 2.82. The van der Waals surface area contributed by atoms with E-state index >= 15 is 0 Å². The SMILES string of the molecule is O=C(C1CN(c2ccc(F)cn2)CCO1)N1CCC(F)(F)CC1. The van der Waals surface area contributed by atoms with E-state index < -0.39 is 17.8 Å². The Kier molecular flexibility index (Phi) is 4.43. The van der Waals surface area contributed by atoms with Gasteiger partial charge in [0.2, 0.25) is 0 Å². The smallest absolute Gasteiger partial charge is 0.253 e. The van der Waals surface area contributed by atoms with Gasteiger partial charge in [-0.1, -0.05) is 0 Å². The van der Waals surface area contributed by atoms with Crippen molar-refractivity contribution < 1.29 is 22.7 Å². The minimum atomic E-state index is -2.69. The molecule has 0 aromatic carbocycles. The van der Waals surface area contributed by atoms with Crippen molar-refractivity contribution in [2.75, 3.05) is 37.7 Å². The number of alkyl halides is 2. The highest BCUT2D eigenvalue weighted by molar-refractivity contribution is 5.82. The molecule has 23 heavy (non-hydrogen) atoms. The standard InChI is InChI=1S/C15H18F3N3O2/c16-11-1-2-13(19-9-11)21-7-8-23-12(10-21)14(22)20-5-3-15(17,18)4-6-20/h1-2,9,12H,3-8,10H2. The minimum absolute atomic E-state index is 0.0422. The Morgan fingerprint density at radius 3 is 2.65 bits per heavy atom. The number of anilines is 1. The lowest BCUT2D eigenvalue weighted by atomic mass is 10.1. The quantitative estimate of drug-likeness (QED) is 0.828. The number of likely N-dealkylation sites (tertiary alicyclic amines) is 1. The van der Waals surface area contributed by atoms with Crippen LogP contribution in [0.25, 0.3) is 0 Å². The largest absolute Gasteiger partial charge is 0.365 e. The van der Waals surface area contributed by atoms with Gasteiger partial charge in [-0.05, 0) is 12.1 Å². The first-order valence-electron chi connectivity index (χ1n) is 7.59. The second kappa shape index (κ2) is 6.35. The number of rotatable bonds is 2. The number of ether oxygens (including phenoxy) is 1. The Hall–Kier alpha value is -1.83. The lowest BCUT2D eigenvalue weighted by Crippen LogP contribution is -2.53. The lowest BCUT2D eigenvalue weighted by molar-refractivity contribution is -0.150. The zero-order valence-corrected chi connectivity index (χ0v) is 12.6. The molecule has 2 aliphatic heterocycles. The fourth-order valence-corrected chi connectivity index (χ4v) is 2.82. The molecule has 0 bridgehead atoms. The number of piperidine rings is 1. The summed E-state index contributed by atoms with van der Waals surface area (Å²) < 4.78 is 44.8. The van der Waals surface area contributed by atoms with E-state index in [1.165, 1.54) is 11.0 Å². The van der Waals surface area contributed by atoms with E-state index in [0.29, 0.717) is 19.0 Å². The summed E-state index contributed by atoms with van der Waals surface area (Å²) in [6.45, 7) is 1.24. The molecule has 1 atom stereocenters. The van der Waals surface area contributed by atoms with E-state index in [0.717, 1.165) is 6.20 Å². The summed E-state index contributed by atoms with van der Waals surface area (Å²) in [4.78, 5) is 19.7. The summed E-state index contributed by atoms with van der Waals surface area (Å²) in [6.07, 6.45) is -0.208. The van der Waals surface area contributed by atoms with Crippen molar-refractivity contribution in [2.24, 2.45) is 0 Å². The van der Waals surface area contributed by atoms with Crippen LogP contribution in [0.3, 0.4) is 0 Å². The van der Waals surface area contributed by atoms with Crippen molar-refractivity contribution in [3.63, 3.8) is 0 Å². The van der Waals surface area contributed by atoms with E-state index in [1.807, 2.05) is 4.90 Å². The number of hydrogen-bond acceptors (Lipinski definition) is 4. The minimum Gasteiger partial charge on any atom is -0.365 e. The van der Waals surface area contributed by atoms with Crippen molar-refractivity contribution in [2.45, 2.75) is 24.9 Å². The van der Waals surface area contributed by atoms with Crippen LogP contribution in [0.2, 0.25) is 0 Å². The zero-order valence-electron chi connectivity index (χ0n) is 12.6. The number of hydrogen-bond donors (Lipinski definition) is 0. The molecule has 1 aromatic heterocycles. The molecule has 1 aromatic rings. The highest BCUT2D eigenvalue weighted by Crippen LogP contribution is 2.28. The molecule has 1 amide bonds. The monoisotopic (exact) mass is 329 g/mol. The summed E-state index contributed by atoms with van der Waals surface area (Å²) in [5, 5.41) is 0. The number of amides is 1. The van der Waals surface area contributed by atoms with E-state index in [4.69, 9.17) is 4.74 Å². The van der Waals surface area contributed by atoms with Gasteiger partial charge in [-0.25, -0.2) is 18.2 Å². The maximum Gasteiger partial charge on any atom is 0.253 e. The van der Waals surface area contributed by atoms with Gasteiger partial charge in [0.1, 0.15) is 11.6 Å². The number of nitrogens with zero attached hydrogens (tertiary/aromatic N) is 3. The summed E-state index contributed by atoms with van der Waals surface area (Å²) in [6, 6.07) is 2.85. The molecule has 2 saturated heterocycles. The normalized spacial score (nSPS) is 24.6. The van der Waals surface area contributed by atoms with Crippen LogP contribution in [0.5, 0.6) is 0 Å². The maximum absolute atomic E-state index is 13.2. The first-order valence-corrected chi connectivity index (χ1v) is 7.59. The molecule has 8 heteroatoms. The van der Waals surface area contributed by atoms with Gasteiger partial charge in [0.15, 0.2) is 6.10 Å². The van der Waals surface area contributed by atoms with Crippen LogP contribution >= 0.6 is 0 Å². The summed E-state index contributed by atoms with van der Waals surface area (Å²) in [5.41, 5.74) is 0. The second-order valence-corrected chi connectivity index (χ2v) is 5.82. The highest BCUT2D eigenvalue weighted by atomic mass is 19.3. The molecule has 3 rings (SSSR count). The van der Waals surface area contributed by atoms with Crippen molar-refractivity contribution >= 4 is 11.7 Å². The topological polar surface area (TPSA) is 45.7 Å². The Balaban J connectivity index is 1.62. The number of pyridine rings is 1. The molecule has 0 N–H and O–H groups in total. The summed E-state index contributed by atoms with van der Waals surface area (Å²) >= 11 is 0. The van der Waals surface area contributed by atoms with Crippen LogP contribution in [-0.4, -0.2) is 60.6 Å². The summed E-state index contributed by atoms with van der Waals surface area (Å²) in [5.74, 6) is -2.82. The number of halogens is 3. The predicted octanol–water partition coefficient (Wildman–Crippen LogP) is 1.68. The average molecular weight is 329 g/mol. The molecule has 126 valence electrons. The van der Waals surface area contributed by atoms with Gasteiger partial charge in [0, 0.05) is 32.5 Å². The summed E-state index contributed by atoms with van der Waals surface area (Å²) in [7, 11) is 0. The van der Waals surface area contributed by atoms with Gasteiger partial charge >= 0.3 is 0 Å². The second-order valence-electron chi connectivity index (χ2n) is 5.82. The van der Waals surface area contributed by atoms with Gasteiger partial charge in [0.25, 0.3) is 11.8 Å². The van der Waals surface area contributed by atoms with Gasteiger partial charge in [-0.3, -0.25) is 4.79 Å². The third-order valence-electron chi connectivity index (χ3n) is 4.18. The lowest BCUT2D eigenvalue weighted by Gasteiger charge is -2.38. The molecule has 1 unspecified atom stereocenters. The molecule has 3 heterocycles. The molecule has 0 saturated carbocycles. The van der Waals surface area contributed by atoms with E-state index in [9.17, 15) is 18.0 Å². The molecule has 2 aliphatic rings. The third-order valence-corrected chi connectivity index (χ3v) is 4.18. The predicted molar refractivity (Wildman–Crippen MR) is 76.9 cm³/mol. The van der Waals surface area contributed by atoms with Gasteiger partial charge in [0.05, 0.1) is 19.3 Å². The number of aromatic nitrogens is 1. The van der Waals surface area contributed by atoms with Crippen molar-refractivity contribution in [3.8, 4) is 0 Å². The van der Waals surface area contributed by atoms with E-state index in [-0.39, 0.29) is 38.4 Å². The van der Waals surface area contributed by atoms with Crippen LogP contribution in [0.15, 0.2) is 18.3 Å². The molecule has 0 spiro atoms. The van der Waals surface area contributed by atoms with Crippen LogP contribution in [0, 0.1) is 5.82 Å². The van der Waals surface area contributed by atoms with Gasteiger partial charge < -0.3 is 14.5 Å². The Morgan fingerprint density at radius 2 is 2.00 bits per heavy atom. The van der Waals surface area contributed by atoms with Gasteiger partial charge in [-0.15, -0.1) is 0 Å². The molecule has 0 aliphatic carbocycles. The number of morpholine rings is 1. The van der Waals surface area contributed by atoms with Crippen molar-refractivity contribution in [3.05, 3.63) is 24.1 Å². The number of carbonyl (C=O) groups is 1. The molecule has 5 nitrogen and oxygen atoms in total. The zero-order chi connectivity index (χ0) is 16.4. The Morgan fingerprint density at radius 1 is 1.26 bits per heavy atom. The highest BCUT2D eigenvalue weighted by Gasteiger charge is 2.38. The average Bonchev–Trinajstić information content (AvgIpc) is 2.55. The molecular formula is C15H18F3N3O2. The van der Waals surface area contributed by atoms with Crippen molar-refractivity contribution in [1.29, 1.82) is 0 Å².